The van der Waals surface area contributed by atoms with Gasteiger partial charge in [0.25, 0.3) is 0 Å². The van der Waals surface area contributed by atoms with Crippen LogP contribution in [0.25, 0.3) is 0 Å². The van der Waals surface area contributed by atoms with E-state index in [1.165, 1.54) is 5.56 Å². The molecule has 1 atom stereocenters. The van der Waals surface area contributed by atoms with Gasteiger partial charge in [-0.3, -0.25) is 0 Å². The summed E-state index contributed by atoms with van der Waals surface area (Å²) in [4.78, 5) is 4.62. The number of benzene rings is 2. The molecule has 2 aromatic rings. The summed E-state index contributed by atoms with van der Waals surface area (Å²) < 4.78 is 5.18. The van der Waals surface area contributed by atoms with Gasteiger partial charge in [0.2, 0.25) is 0 Å². The summed E-state index contributed by atoms with van der Waals surface area (Å²) in [5.41, 5.74) is 4.12. The van der Waals surface area contributed by atoms with Crippen LogP contribution in [0.15, 0.2) is 70.9 Å². The molecule has 130 valence electrons. The first-order valence-electron chi connectivity index (χ1n) is 8.18. The highest BCUT2D eigenvalue weighted by molar-refractivity contribution is 8.13. The molecule has 5 heteroatoms. The molecule has 0 saturated carbocycles. The van der Waals surface area contributed by atoms with Crippen LogP contribution in [0.1, 0.15) is 18.1 Å². The number of allylic oxidation sites excluding steroid dienone is 1. The van der Waals surface area contributed by atoms with Gasteiger partial charge in [-0.2, -0.15) is 0 Å². The van der Waals surface area contributed by atoms with Gasteiger partial charge in [0.15, 0.2) is 11.4 Å². The minimum Gasteiger partial charge on any atom is -0.497 e. The average molecular weight is 354 g/mol. The van der Waals surface area contributed by atoms with E-state index in [2.05, 4.69) is 22.4 Å². The molecule has 1 aliphatic rings. The van der Waals surface area contributed by atoms with E-state index in [4.69, 9.17) is 4.74 Å². The van der Waals surface area contributed by atoms with Crippen molar-refractivity contribution in [2.45, 2.75) is 25.3 Å². The third-order valence-corrected chi connectivity index (χ3v) is 5.06. The van der Waals surface area contributed by atoms with E-state index >= 15 is 0 Å². The van der Waals surface area contributed by atoms with Gasteiger partial charge in [-0.1, -0.05) is 54.2 Å². The number of ether oxygens (including phenoxy) is 1. The Kier molecular flexibility index (Phi) is 5.79. The van der Waals surface area contributed by atoms with E-state index in [-0.39, 0.29) is 0 Å². The Hall–Kier alpha value is -2.24. The van der Waals surface area contributed by atoms with Crippen LogP contribution in [0.3, 0.4) is 0 Å². The Labute approximate surface area is 152 Å². The summed E-state index contributed by atoms with van der Waals surface area (Å²) >= 11 is 1.60. The predicted molar refractivity (Wildman–Crippen MR) is 104 cm³/mol. The zero-order valence-corrected chi connectivity index (χ0v) is 15.2. The second-order valence-electron chi connectivity index (χ2n) is 5.87. The summed E-state index contributed by atoms with van der Waals surface area (Å²) in [5.74, 6) is 1.65. The smallest absolute Gasteiger partial charge is 0.163 e. The molecule has 0 aromatic heterocycles. The number of hydrogen-bond donors (Lipinski definition) is 2. The first kappa shape index (κ1) is 17.6. The molecule has 0 fully saturated rings. The molecule has 2 aromatic carbocycles. The van der Waals surface area contributed by atoms with Crippen LogP contribution in [-0.4, -0.2) is 23.6 Å². The minimum atomic E-state index is -0.710. The normalized spacial score (nSPS) is 17.1. The Morgan fingerprint density at radius 1 is 1.08 bits per heavy atom. The van der Waals surface area contributed by atoms with Gasteiger partial charge in [-0.05, 0) is 36.6 Å². The van der Waals surface area contributed by atoms with E-state index in [0.29, 0.717) is 6.42 Å². The highest BCUT2D eigenvalue weighted by Gasteiger charge is 2.21. The van der Waals surface area contributed by atoms with Crippen molar-refractivity contribution >= 4 is 16.9 Å². The largest absolute Gasteiger partial charge is 0.497 e. The molecule has 1 heterocycles. The molecule has 0 amide bonds. The molecule has 1 unspecified atom stereocenters. The molecule has 1 aliphatic heterocycles. The zero-order valence-electron chi connectivity index (χ0n) is 14.4. The lowest BCUT2D eigenvalue weighted by Gasteiger charge is -2.24. The van der Waals surface area contributed by atoms with Crippen molar-refractivity contribution in [3.8, 4) is 5.75 Å². The fraction of sp³-hybridized carbons (Fsp3) is 0.250. The monoisotopic (exact) mass is 354 g/mol. The minimum absolute atomic E-state index is 0.657. The summed E-state index contributed by atoms with van der Waals surface area (Å²) in [6, 6.07) is 18.1. The number of nitrogens with zero attached hydrogens (tertiary/aromatic N) is 1. The Morgan fingerprint density at radius 2 is 1.80 bits per heavy atom. The van der Waals surface area contributed by atoms with Gasteiger partial charge in [-0.15, -0.1) is 0 Å². The highest BCUT2D eigenvalue weighted by Crippen LogP contribution is 2.24. The Balaban J connectivity index is 1.68. The van der Waals surface area contributed by atoms with Gasteiger partial charge >= 0.3 is 0 Å². The maximum Gasteiger partial charge on any atom is 0.163 e. The molecule has 0 aliphatic carbocycles. The van der Waals surface area contributed by atoms with Crippen LogP contribution in [0.5, 0.6) is 5.75 Å². The van der Waals surface area contributed by atoms with Crippen molar-refractivity contribution < 1.29 is 9.84 Å². The molecule has 4 nitrogen and oxygen atoms in total. The van der Waals surface area contributed by atoms with E-state index in [0.717, 1.165) is 33.5 Å². The number of nitrogens with one attached hydrogen (secondary N) is 1. The van der Waals surface area contributed by atoms with Crippen LogP contribution < -0.4 is 10.1 Å². The summed E-state index contributed by atoms with van der Waals surface area (Å²) in [7, 11) is 1.65. The number of amidine groups is 1. The van der Waals surface area contributed by atoms with Crippen molar-refractivity contribution in [2.24, 2.45) is 4.99 Å². The summed E-state index contributed by atoms with van der Waals surface area (Å²) in [6.07, 6.45) is -0.0534. The predicted octanol–water partition coefficient (Wildman–Crippen LogP) is 3.72. The second-order valence-corrected chi connectivity index (χ2v) is 6.84. The van der Waals surface area contributed by atoms with Crippen molar-refractivity contribution in [1.82, 2.24) is 5.32 Å². The number of rotatable bonds is 5. The number of thioether (sulfide) groups is 1. The average Bonchev–Trinajstić information content (AvgIpc) is 2.64. The maximum absolute atomic E-state index is 10.5. The fourth-order valence-corrected chi connectivity index (χ4v) is 3.54. The van der Waals surface area contributed by atoms with E-state index < -0.39 is 6.23 Å². The third kappa shape index (κ3) is 4.65. The molecular weight excluding hydrogens is 332 g/mol. The first-order valence-corrected chi connectivity index (χ1v) is 9.17. The zero-order chi connectivity index (χ0) is 17.6. The molecule has 0 saturated heterocycles. The lowest BCUT2D eigenvalue weighted by atomic mass is 10.0. The van der Waals surface area contributed by atoms with Gasteiger partial charge in [0.05, 0.1) is 7.11 Å². The Morgan fingerprint density at radius 3 is 2.44 bits per heavy atom. The van der Waals surface area contributed by atoms with Crippen molar-refractivity contribution in [2.75, 3.05) is 7.11 Å². The highest BCUT2D eigenvalue weighted by atomic mass is 32.2. The number of aliphatic hydroxyl groups excluding tert-OH is 1. The van der Waals surface area contributed by atoms with Crippen LogP contribution >= 0.6 is 11.8 Å². The van der Waals surface area contributed by atoms with Crippen LogP contribution in [0, 0.1) is 0 Å². The molecule has 3 rings (SSSR count). The second kappa shape index (κ2) is 8.23. The van der Waals surface area contributed by atoms with Crippen molar-refractivity contribution in [1.29, 1.82) is 0 Å². The van der Waals surface area contributed by atoms with Crippen molar-refractivity contribution in [3.63, 3.8) is 0 Å². The van der Waals surface area contributed by atoms with E-state index in [1.807, 2.05) is 49.4 Å². The lowest BCUT2D eigenvalue weighted by Crippen LogP contribution is -2.38. The molecule has 2 N–H and O–H groups in total. The van der Waals surface area contributed by atoms with Crippen LogP contribution in [-0.2, 0) is 12.2 Å². The Bertz CT molecular complexity index is 770. The number of methoxy groups -OCH3 is 1. The molecule has 0 radical (unpaired) electrons. The van der Waals surface area contributed by atoms with Gasteiger partial charge < -0.3 is 15.2 Å². The van der Waals surface area contributed by atoms with E-state index in [9.17, 15) is 5.11 Å². The number of aliphatic hydroxyl groups is 1. The van der Waals surface area contributed by atoms with Gasteiger partial charge in [0.1, 0.15) is 5.75 Å². The maximum atomic E-state index is 10.5. The SMILES string of the molecule is COc1ccc(CC2=C(C)N=C(SCc3ccccc3)NC2O)cc1. The third-order valence-electron chi connectivity index (χ3n) is 4.10. The number of hydrogen-bond acceptors (Lipinski definition) is 5. The van der Waals surface area contributed by atoms with Gasteiger partial charge in [0, 0.05) is 17.0 Å². The van der Waals surface area contributed by atoms with Crippen LogP contribution in [0.2, 0.25) is 0 Å². The molecular formula is C20H22N2O2S. The summed E-state index contributed by atoms with van der Waals surface area (Å²) in [5, 5.41) is 14.3. The topological polar surface area (TPSA) is 53.8 Å². The molecule has 0 bridgehead atoms. The molecule has 0 spiro atoms. The van der Waals surface area contributed by atoms with Crippen LogP contribution in [0.4, 0.5) is 0 Å². The lowest BCUT2D eigenvalue weighted by molar-refractivity contribution is 0.191. The first-order chi connectivity index (χ1) is 12.2. The fourth-order valence-electron chi connectivity index (χ4n) is 2.65. The van der Waals surface area contributed by atoms with Crippen molar-refractivity contribution in [3.05, 3.63) is 77.0 Å². The standard InChI is InChI=1S/C20H22N2O2S/c1-14-18(12-15-8-10-17(24-2)11-9-15)19(23)22-20(21-14)25-13-16-6-4-3-5-7-16/h3-11,19,23H,12-13H2,1-2H3,(H,21,22). The number of aliphatic imine (C=N–C) groups is 1. The van der Waals surface area contributed by atoms with E-state index in [1.54, 1.807) is 18.9 Å². The quantitative estimate of drug-likeness (QED) is 0.859. The molecule has 25 heavy (non-hydrogen) atoms. The summed E-state index contributed by atoms with van der Waals surface area (Å²) in [6.45, 7) is 1.95. The van der Waals surface area contributed by atoms with Gasteiger partial charge in [-0.25, -0.2) is 4.99 Å².